The van der Waals surface area contributed by atoms with Gasteiger partial charge < -0.3 is 10.1 Å². The molecule has 1 aromatic carbocycles. The second-order valence-corrected chi connectivity index (χ2v) is 10.1. The number of amides is 2. The molecular formula is C29H31FN4O4. The van der Waals surface area contributed by atoms with Crippen molar-refractivity contribution in [2.24, 2.45) is 11.8 Å². The topological polar surface area (TPSA) is 93.5 Å². The van der Waals surface area contributed by atoms with Crippen LogP contribution in [0.15, 0.2) is 54.0 Å². The number of nitrogens with zero attached hydrogens (tertiary/aromatic N) is 3. The number of aromatic nitrogens is 2. The highest BCUT2D eigenvalue weighted by Crippen LogP contribution is 2.35. The van der Waals surface area contributed by atoms with E-state index in [4.69, 9.17) is 4.74 Å². The van der Waals surface area contributed by atoms with Crippen molar-refractivity contribution in [1.82, 2.24) is 14.9 Å². The van der Waals surface area contributed by atoms with Crippen LogP contribution in [0.5, 0.6) is 0 Å². The third-order valence-corrected chi connectivity index (χ3v) is 7.47. The number of anilines is 1. The number of hydrogen-bond acceptors (Lipinski definition) is 5. The minimum Gasteiger partial charge on any atom is -0.447 e. The van der Waals surface area contributed by atoms with Gasteiger partial charge in [0, 0.05) is 12.7 Å². The van der Waals surface area contributed by atoms with Crippen molar-refractivity contribution in [1.29, 1.82) is 0 Å². The van der Waals surface area contributed by atoms with E-state index in [1.165, 1.54) is 40.3 Å². The number of benzene rings is 1. The first kappa shape index (κ1) is 25.6. The molecule has 3 heterocycles. The number of pyridine rings is 2. The Labute approximate surface area is 220 Å². The molecule has 0 spiro atoms. The van der Waals surface area contributed by atoms with Gasteiger partial charge in [0.05, 0.1) is 17.6 Å². The molecule has 3 aromatic rings. The van der Waals surface area contributed by atoms with Crippen LogP contribution in [0.4, 0.5) is 15.0 Å². The van der Waals surface area contributed by atoms with Crippen LogP contribution in [0.25, 0.3) is 16.7 Å². The molecule has 0 bridgehead atoms. The highest BCUT2D eigenvalue weighted by molar-refractivity contribution is 5.98. The van der Waals surface area contributed by atoms with E-state index in [-0.39, 0.29) is 34.7 Å². The summed E-state index contributed by atoms with van der Waals surface area (Å²) in [7, 11) is 0. The van der Waals surface area contributed by atoms with Crippen LogP contribution in [0.2, 0.25) is 0 Å². The average Bonchev–Trinajstić information content (AvgIpc) is 3.53. The van der Waals surface area contributed by atoms with Gasteiger partial charge in [0.2, 0.25) is 5.43 Å². The molecule has 1 aliphatic heterocycles. The second kappa shape index (κ2) is 10.8. The number of nitrogens with one attached hydrogen (secondary N) is 1. The maximum absolute atomic E-state index is 15.1. The number of carbonyl (C=O) groups is 2. The number of carbonyl (C=O) groups excluding carboxylic acids is 2. The quantitative estimate of drug-likeness (QED) is 0.428. The van der Waals surface area contributed by atoms with Crippen LogP contribution in [0, 0.1) is 24.6 Å². The molecule has 1 saturated heterocycles. The van der Waals surface area contributed by atoms with Gasteiger partial charge in [0.1, 0.15) is 23.8 Å². The molecule has 2 atom stereocenters. The van der Waals surface area contributed by atoms with Crippen LogP contribution in [-0.2, 0) is 4.74 Å². The molecule has 8 nitrogen and oxygen atoms in total. The van der Waals surface area contributed by atoms with Crippen molar-refractivity contribution in [3.8, 4) is 5.69 Å². The van der Waals surface area contributed by atoms with Crippen LogP contribution in [-0.4, -0.2) is 41.2 Å². The lowest BCUT2D eigenvalue weighted by Crippen LogP contribution is -2.31. The molecule has 1 saturated carbocycles. The molecule has 2 aromatic heterocycles. The number of ether oxygens (including phenoxy) is 1. The summed E-state index contributed by atoms with van der Waals surface area (Å²) < 4.78 is 21.5. The Morgan fingerprint density at radius 1 is 1.24 bits per heavy atom. The van der Waals surface area contributed by atoms with Crippen molar-refractivity contribution in [3.05, 3.63) is 76.4 Å². The molecule has 5 rings (SSSR count). The fourth-order valence-corrected chi connectivity index (χ4v) is 5.47. The summed E-state index contributed by atoms with van der Waals surface area (Å²) in [6.07, 6.45) is 8.04. The lowest BCUT2D eigenvalue weighted by atomic mass is 9.99. The third-order valence-electron chi connectivity index (χ3n) is 7.47. The Balaban J connectivity index is 1.48. The summed E-state index contributed by atoms with van der Waals surface area (Å²) in [4.78, 5) is 44.5. The number of hydrogen-bond donors (Lipinski definition) is 1. The van der Waals surface area contributed by atoms with Gasteiger partial charge in [0.15, 0.2) is 5.65 Å². The molecule has 38 heavy (non-hydrogen) atoms. The number of aryl methyl sites for hydroxylation is 1. The lowest BCUT2D eigenvalue weighted by Gasteiger charge is -2.17. The van der Waals surface area contributed by atoms with E-state index in [0.29, 0.717) is 24.9 Å². The van der Waals surface area contributed by atoms with Gasteiger partial charge in [-0.05, 0) is 74.3 Å². The van der Waals surface area contributed by atoms with Gasteiger partial charge in [-0.15, -0.1) is 6.58 Å². The first-order valence-corrected chi connectivity index (χ1v) is 13.0. The summed E-state index contributed by atoms with van der Waals surface area (Å²) in [5.41, 5.74) is 0.415. The molecule has 2 aliphatic rings. The molecule has 198 valence electrons. The van der Waals surface area contributed by atoms with Gasteiger partial charge in [-0.25, -0.2) is 14.2 Å². The zero-order chi connectivity index (χ0) is 26.8. The predicted molar refractivity (Wildman–Crippen MR) is 143 cm³/mol. The Hall–Kier alpha value is -4.01. The first-order chi connectivity index (χ1) is 18.4. The molecule has 1 N–H and O–H groups in total. The van der Waals surface area contributed by atoms with Gasteiger partial charge in [-0.1, -0.05) is 18.6 Å². The zero-order valence-corrected chi connectivity index (χ0v) is 21.4. The minimum absolute atomic E-state index is 0.0939. The highest BCUT2D eigenvalue weighted by Gasteiger charge is 2.27. The molecule has 2 fully saturated rings. The monoisotopic (exact) mass is 518 g/mol. The SMILES string of the molecule is C=CCC1CCC(CCNC(=O)c2cn(-c3ccc(C)cc3F)c3nc(N4CCOC4=O)ccc3c2=O)C1. The summed E-state index contributed by atoms with van der Waals surface area (Å²) in [6.45, 7) is 6.60. The molecule has 0 radical (unpaired) electrons. The summed E-state index contributed by atoms with van der Waals surface area (Å²) in [6, 6.07) is 7.75. The summed E-state index contributed by atoms with van der Waals surface area (Å²) in [5.74, 6) is 0.444. The van der Waals surface area contributed by atoms with Crippen molar-refractivity contribution in [2.45, 2.75) is 39.0 Å². The fraction of sp³-hybridized carbons (Fsp3) is 0.379. The third kappa shape index (κ3) is 5.05. The second-order valence-electron chi connectivity index (χ2n) is 10.1. The average molecular weight is 519 g/mol. The highest BCUT2D eigenvalue weighted by atomic mass is 19.1. The van der Waals surface area contributed by atoms with Crippen LogP contribution in [0.3, 0.4) is 0 Å². The first-order valence-electron chi connectivity index (χ1n) is 13.0. The maximum atomic E-state index is 15.1. The molecule has 1 aliphatic carbocycles. The number of halogens is 1. The lowest BCUT2D eigenvalue weighted by molar-refractivity contribution is 0.0950. The van der Waals surface area contributed by atoms with Crippen molar-refractivity contribution in [3.63, 3.8) is 0 Å². The van der Waals surface area contributed by atoms with Crippen LogP contribution >= 0.6 is 0 Å². The summed E-state index contributed by atoms with van der Waals surface area (Å²) >= 11 is 0. The van der Waals surface area contributed by atoms with E-state index in [1.807, 2.05) is 6.08 Å². The number of rotatable bonds is 8. The zero-order valence-electron chi connectivity index (χ0n) is 21.4. The predicted octanol–water partition coefficient (Wildman–Crippen LogP) is 4.90. The number of fused-ring (bicyclic) bond motifs is 1. The largest absolute Gasteiger partial charge is 0.447 e. The fourth-order valence-electron chi connectivity index (χ4n) is 5.47. The van der Waals surface area contributed by atoms with E-state index < -0.39 is 23.2 Å². The van der Waals surface area contributed by atoms with E-state index in [9.17, 15) is 14.4 Å². The maximum Gasteiger partial charge on any atom is 0.415 e. The van der Waals surface area contributed by atoms with Crippen molar-refractivity contribution in [2.75, 3.05) is 24.6 Å². The summed E-state index contributed by atoms with van der Waals surface area (Å²) in [5, 5.41) is 3.04. The van der Waals surface area contributed by atoms with Gasteiger partial charge >= 0.3 is 6.09 Å². The Morgan fingerprint density at radius 3 is 2.79 bits per heavy atom. The number of cyclic esters (lactones) is 1. The van der Waals surface area contributed by atoms with Crippen molar-refractivity contribution >= 4 is 28.9 Å². The van der Waals surface area contributed by atoms with E-state index in [0.717, 1.165) is 31.2 Å². The van der Waals surface area contributed by atoms with Gasteiger partial charge in [-0.2, -0.15) is 0 Å². The molecule has 2 amide bonds. The smallest absolute Gasteiger partial charge is 0.415 e. The molecule has 9 heteroatoms. The minimum atomic E-state index is -0.540. The van der Waals surface area contributed by atoms with E-state index >= 15 is 4.39 Å². The van der Waals surface area contributed by atoms with Gasteiger partial charge in [0.25, 0.3) is 5.91 Å². The van der Waals surface area contributed by atoms with Gasteiger partial charge in [-0.3, -0.25) is 19.1 Å². The normalized spacial score (nSPS) is 19.1. The van der Waals surface area contributed by atoms with E-state index in [1.54, 1.807) is 19.1 Å². The Bertz CT molecular complexity index is 1470. The Morgan fingerprint density at radius 2 is 2.05 bits per heavy atom. The van der Waals surface area contributed by atoms with Crippen LogP contribution in [0.1, 0.15) is 48.0 Å². The van der Waals surface area contributed by atoms with E-state index in [2.05, 4.69) is 16.9 Å². The van der Waals surface area contributed by atoms with Crippen LogP contribution < -0.4 is 15.6 Å². The van der Waals surface area contributed by atoms with Crippen molar-refractivity contribution < 1.29 is 18.7 Å². The Kier molecular flexibility index (Phi) is 7.26. The molecule has 2 unspecified atom stereocenters. The number of allylic oxidation sites excluding steroid dienone is 1. The standard InChI is InChI=1S/C29H31FN4O4/c1-3-4-19-6-7-20(16-19)11-12-31-28(36)22-17-34(24-9-5-18(2)15-23(24)30)27-21(26(22)35)8-10-25(32-27)33-13-14-38-29(33)37/h3,5,8-10,15,17,19-20H,1,4,6-7,11-14,16H2,2H3,(H,31,36). The molecular weight excluding hydrogens is 487 g/mol.